The van der Waals surface area contributed by atoms with Gasteiger partial charge in [0.1, 0.15) is 6.04 Å². The largest absolute Gasteiger partial charge is 0.480 e. The minimum atomic E-state index is -0.769. The average Bonchev–Trinajstić information content (AvgIpc) is 2.16. The fourth-order valence-corrected chi connectivity index (χ4v) is 2.17. The molecule has 0 aromatic carbocycles. The Morgan fingerprint density at radius 3 is 2.60 bits per heavy atom. The summed E-state index contributed by atoms with van der Waals surface area (Å²) in [6.45, 7) is 6.10. The van der Waals surface area contributed by atoms with E-state index in [1.807, 2.05) is 6.92 Å². The smallest absolute Gasteiger partial charge is 0.320 e. The lowest BCUT2D eigenvalue weighted by atomic mass is 9.64. The molecule has 0 aromatic heterocycles. The normalized spacial score (nSPS) is 30.7. The first kappa shape index (κ1) is 12.5. The molecule has 0 aliphatic heterocycles. The molecule has 3 atom stereocenters. The lowest BCUT2D eigenvalue weighted by Gasteiger charge is -2.52. The fourth-order valence-electron chi connectivity index (χ4n) is 2.17. The second-order valence-electron chi connectivity index (χ2n) is 4.80. The molecular formula is C11H21NO3. The summed E-state index contributed by atoms with van der Waals surface area (Å²) in [6, 6.07) is -0.199. The second-order valence-corrected chi connectivity index (χ2v) is 4.80. The molecule has 88 valence electrons. The second kappa shape index (κ2) is 4.49. The summed E-state index contributed by atoms with van der Waals surface area (Å²) in [5.41, 5.74) is 0.0254. The molecule has 0 bridgehead atoms. The number of rotatable bonds is 5. The Hall–Kier alpha value is -0.610. The molecular weight excluding hydrogens is 194 g/mol. The Labute approximate surface area is 91.0 Å². The standard InChI is InChI=1S/C11H21NO3/c1-5-7(10(13)14)12-8-6-9(15-4)11(8,2)3/h7-9,12H,5-6H2,1-4H3,(H,13,14). The van der Waals surface area contributed by atoms with E-state index in [-0.39, 0.29) is 17.6 Å². The number of nitrogens with one attached hydrogen (secondary N) is 1. The molecule has 1 saturated carbocycles. The number of ether oxygens (including phenoxy) is 1. The van der Waals surface area contributed by atoms with Crippen LogP contribution in [0.25, 0.3) is 0 Å². The van der Waals surface area contributed by atoms with Crippen LogP contribution in [0.2, 0.25) is 0 Å². The van der Waals surface area contributed by atoms with E-state index in [0.29, 0.717) is 6.42 Å². The topological polar surface area (TPSA) is 58.6 Å². The predicted octanol–water partition coefficient (Wildman–Crippen LogP) is 1.25. The fraction of sp³-hybridized carbons (Fsp3) is 0.909. The quantitative estimate of drug-likeness (QED) is 0.724. The van der Waals surface area contributed by atoms with Crippen molar-refractivity contribution in [3.8, 4) is 0 Å². The van der Waals surface area contributed by atoms with E-state index in [9.17, 15) is 4.79 Å². The van der Waals surface area contributed by atoms with Crippen molar-refractivity contribution in [1.29, 1.82) is 0 Å². The maximum Gasteiger partial charge on any atom is 0.320 e. The van der Waals surface area contributed by atoms with Crippen LogP contribution in [0.1, 0.15) is 33.6 Å². The van der Waals surface area contributed by atoms with Gasteiger partial charge in [0.15, 0.2) is 0 Å². The molecule has 1 aliphatic carbocycles. The van der Waals surface area contributed by atoms with Crippen LogP contribution in [0, 0.1) is 5.41 Å². The van der Waals surface area contributed by atoms with E-state index in [0.717, 1.165) is 6.42 Å². The molecule has 3 unspecified atom stereocenters. The minimum Gasteiger partial charge on any atom is -0.480 e. The van der Waals surface area contributed by atoms with Gasteiger partial charge in [0.2, 0.25) is 0 Å². The van der Waals surface area contributed by atoms with Crippen LogP contribution >= 0.6 is 0 Å². The zero-order chi connectivity index (χ0) is 11.6. The van der Waals surface area contributed by atoms with Gasteiger partial charge in [0.05, 0.1) is 6.10 Å². The summed E-state index contributed by atoms with van der Waals surface area (Å²) in [5, 5.41) is 12.1. The molecule has 1 fully saturated rings. The molecule has 0 spiro atoms. The Balaban J connectivity index is 2.51. The maximum atomic E-state index is 10.9. The third-order valence-corrected chi connectivity index (χ3v) is 3.57. The molecule has 0 heterocycles. The Morgan fingerprint density at radius 1 is 1.67 bits per heavy atom. The van der Waals surface area contributed by atoms with E-state index >= 15 is 0 Å². The van der Waals surface area contributed by atoms with Crippen molar-refractivity contribution in [2.45, 2.75) is 51.8 Å². The highest BCUT2D eigenvalue weighted by atomic mass is 16.5. The zero-order valence-corrected chi connectivity index (χ0v) is 9.91. The van der Waals surface area contributed by atoms with Gasteiger partial charge in [-0.15, -0.1) is 0 Å². The van der Waals surface area contributed by atoms with Crippen LogP contribution in [0.15, 0.2) is 0 Å². The Kier molecular flexibility index (Phi) is 3.73. The highest BCUT2D eigenvalue weighted by molar-refractivity contribution is 5.73. The highest BCUT2D eigenvalue weighted by Gasteiger charge is 2.49. The van der Waals surface area contributed by atoms with Crippen molar-refractivity contribution < 1.29 is 14.6 Å². The third kappa shape index (κ3) is 2.32. The van der Waals surface area contributed by atoms with E-state index in [2.05, 4.69) is 19.2 Å². The number of methoxy groups -OCH3 is 1. The first-order valence-electron chi connectivity index (χ1n) is 5.45. The minimum absolute atomic E-state index is 0.0254. The summed E-state index contributed by atoms with van der Waals surface area (Å²) in [4.78, 5) is 10.9. The number of hydrogen-bond donors (Lipinski definition) is 2. The summed E-state index contributed by atoms with van der Waals surface area (Å²) in [6.07, 6.45) is 1.74. The molecule has 1 aliphatic rings. The summed E-state index contributed by atoms with van der Waals surface area (Å²) in [7, 11) is 1.71. The van der Waals surface area contributed by atoms with Gasteiger partial charge in [0.25, 0.3) is 0 Å². The lowest BCUT2D eigenvalue weighted by Crippen LogP contribution is -2.63. The van der Waals surface area contributed by atoms with E-state index in [4.69, 9.17) is 9.84 Å². The maximum absolute atomic E-state index is 10.9. The number of hydrogen-bond acceptors (Lipinski definition) is 3. The monoisotopic (exact) mass is 215 g/mol. The Bertz CT molecular complexity index is 240. The molecule has 2 N–H and O–H groups in total. The summed E-state index contributed by atoms with van der Waals surface area (Å²) < 4.78 is 5.32. The van der Waals surface area contributed by atoms with Crippen molar-refractivity contribution >= 4 is 5.97 Å². The van der Waals surface area contributed by atoms with Gasteiger partial charge < -0.3 is 15.2 Å². The van der Waals surface area contributed by atoms with E-state index in [1.165, 1.54) is 0 Å². The van der Waals surface area contributed by atoms with Gasteiger partial charge in [0, 0.05) is 18.6 Å². The van der Waals surface area contributed by atoms with Crippen LogP contribution in [0.3, 0.4) is 0 Å². The van der Waals surface area contributed by atoms with Crippen molar-refractivity contribution in [2.75, 3.05) is 7.11 Å². The molecule has 0 saturated heterocycles. The van der Waals surface area contributed by atoms with Crippen molar-refractivity contribution in [2.24, 2.45) is 5.41 Å². The van der Waals surface area contributed by atoms with Crippen molar-refractivity contribution in [3.05, 3.63) is 0 Å². The number of carbonyl (C=O) groups is 1. The van der Waals surface area contributed by atoms with Gasteiger partial charge in [-0.3, -0.25) is 4.79 Å². The van der Waals surface area contributed by atoms with Crippen molar-refractivity contribution in [1.82, 2.24) is 5.32 Å². The van der Waals surface area contributed by atoms with Gasteiger partial charge in [-0.2, -0.15) is 0 Å². The summed E-state index contributed by atoms with van der Waals surface area (Å²) >= 11 is 0. The molecule has 15 heavy (non-hydrogen) atoms. The van der Waals surface area contributed by atoms with E-state index < -0.39 is 12.0 Å². The highest BCUT2D eigenvalue weighted by Crippen LogP contribution is 2.42. The molecule has 0 amide bonds. The number of aliphatic carboxylic acids is 1. The number of carboxylic acid groups (broad SMARTS) is 1. The first-order valence-corrected chi connectivity index (χ1v) is 5.45. The zero-order valence-electron chi connectivity index (χ0n) is 9.91. The van der Waals surface area contributed by atoms with Gasteiger partial charge >= 0.3 is 5.97 Å². The molecule has 4 nitrogen and oxygen atoms in total. The van der Waals surface area contributed by atoms with Crippen molar-refractivity contribution in [3.63, 3.8) is 0 Å². The molecule has 4 heteroatoms. The van der Waals surface area contributed by atoms with Crippen LogP contribution in [0.5, 0.6) is 0 Å². The molecule has 1 rings (SSSR count). The SMILES string of the molecule is CCC(NC1CC(OC)C1(C)C)C(=O)O. The van der Waals surface area contributed by atoms with Gasteiger partial charge in [-0.1, -0.05) is 20.8 Å². The van der Waals surface area contributed by atoms with Crippen LogP contribution in [-0.2, 0) is 9.53 Å². The van der Waals surface area contributed by atoms with Gasteiger partial charge in [-0.05, 0) is 12.8 Å². The number of carboxylic acids is 1. The average molecular weight is 215 g/mol. The summed E-state index contributed by atoms with van der Waals surface area (Å²) in [5.74, 6) is -0.769. The van der Waals surface area contributed by atoms with Crippen LogP contribution in [0.4, 0.5) is 0 Å². The van der Waals surface area contributed by atoms with E-state index in [1.54, 1.807) is 7.11 Å². The van der Waals surface area contributed by atoms with Gasteiger partial charge in [-0.25, -0.2) is 0 Å². The molecule has 0 radical (unpaired) electrons. The lowest BCUT2D eigenvalue weighted by molar-refractivity contribution is -0.143. The third-order valence-electron chi connectivity index (χ3n) is 3.57. The van der Waals surface area contributed by atoms with Crippen LogP contribution < -0.4 is 5.32 Å². The Morgan fingerprint density at radius 2 is 2.27 bits per heavy atom. The molecule has 0 aromatic rings. The van der Waals surface area contributed by atoms with Crippen LogP contribution in [-0.4, -0.2) is 36.4 Å². The predicted molar refractivity (Wildman–Crippen MR) is 57.8 cm³/mol. The first-order chi connectivity index (χ1) is 6.93.